The van der Waals surface area contributed by atoms with Crippen molar-refractivity contribution in [3.63, 3.8) is 0 Å². The first-order valence-electron chi connectivity index (χ1n) is 7.63. The molecule has 0 bridgehead atoms. The number of aliphatic hydroxyl groups excluding tert-OH is 1. The third-order valence-corrected chi connectivity index (χ3v) is 4.70. The highest BCUT2D eigenvalue weighted by Gasteiger charge is 2.23. The Morgan fingerprint density at radius 3 is 2.87 bits per heavy atom. The summed E-state index contributed by atoms with van der Waals surface area (Å²) < 4.78 is 0. The van der Waals surface area contributed by atoms with Crippen LogP contribution in [0.3, 0.4) is 0 Å². The van der Waals surface area contributed by atoms with Crippen LogP contribution in [-0.2, 0) is 0 Å². The Labute approximate surface area is 139 Å². The van der Waals surface area contributed by atoms with Gasteiger partial charge in [0.1, 0.15) is 4.88 Å². The molecule has 0 saturated carbocycles. The third kappa shape index (κ3) is 3.98. The molecule has 4 nitrogen and oxygen atoms in total. The van der Waals surface area contributed by atoms with Gasteiger partial charge in [-0.05, 0) is 43.4 Å². The van der Waals surface area contributed by atoms with Gasteiger partial charge in [-0.3, -0.25) is 4.79 Å². The van der Waals surface area contributed by atoms with Gasteiger partial charge in [-0.1, -0.05) is 18.1 Å². The molecule has 1 N–H and O–H groups in total. The number of rotatable bonds is 1. The lowest BCUT2D eigenvalue weighted by molar-refractivity contribution is 0.0550. The Hall–Kier alpha value is -2.16. The van der Waals surface area contributed by atoms with Gasteiger partial charge in [0.2, 0.25) is 0 Å². The fraction of sp³-hybridized carbons (Fsp3) is 0.333. The van der Waals surface area contributed by atoms with Gasteiger partial charge in [0.05, 0.1) is 12.3 Å². The molecule has 1 amide bonds. The fourth-order valence-corrected chi connectivity index (χ4v) is 3.24. The lowest BCUT2D eigenvalue weighted by atomic mass is 10.1. The second-order valence-electron chi connectivity index (χ2n) is 5.67. The maximum Gasteiger partial charge on any atom is 0.265 e. The Bertz CT molecular complexity index is 765. The zero-order valence-electron chi connectivity index (χ0n) is 13.0. The van der Waals surface area contributed by atoms with Crippen LogP contribution in [0.4, 0.5) is 0 Å². The average molecular weight is 326 g/mol. The van der Waals surface area contributed by atoms with Crippen LogP contribution in [0.1, 0.15) is 38.6 Å². The number of likely N-dealkylation sites (tertiary alicyclic amines) is 1. The number of piperidine rings is 1. The van der Waals surface area contributed by atoms with Crippen molar-refractivity contribution in [1.29, 1.82) is 0 Å². The largest absolute Gasteiger partial charge is 0.393 e. The molecule has 23 heavy (non-hydrogen) atoms. The van der Waals surface area contributed by atoms with Gasteiger partial charge in [-0.25, -0.2) is 4.98 Å². The number of hydrogen-bond acceptors (Lipinski definition) is 4. The van der Waals surface area contributed by atoms with Crippen molar-refractivity contribution in [3.05, 3.63) is 51.5 Å². The van der Waals surface area contributed by atoms with Crippen molar-refractivity contribution >= 4 is 17.2 Å². The van der Waals surface area contributed by atoms with E-state index < -0.39 is 0 Å². The smallest absolute Gasteiger partial charge is 0.265 e. The van der Waals surface area contributed by atoms with E-state index in [1.807, 2.05) is 31.2 Å². The zero-order chi connectivity index (χ0) is 16.2. The van der Waals surface area contributed by atoms with Crippen LogP contribution >= 0.6 is 11.3 Å². The van der Waals surface area contributed by atoms with E-state index >= 15 is 0 Å². The molecule has 2 heterocycles. The number of benzene rings is 1. The summed E-state index contributed by atoms with van der Waals surface area (Å²) in [6.07, 6.45) is 2.60. The molecule has 1 fully saturated rings. The number of hydrogen-bond donors (Lipinski definition) is 1. The summed E-state index contributed by atoms with van der Waals surface area (Å²) in [5.74, 6) is 6.08. The van der Waals surface area contributed by atoms with Crippen molar-refractivity contribution in [2.75, 3.05) is 13.1 Å². The van der Waals surface area contributed by atoms with E-state index in [1.54, 1.807) is 11.1 Å². The molecule has 2 aromatic rings. The summed E-state index contributed by atoms with van der Waals surface area (Å²) in [6.45, 7) is 3.23. The first kappa shape index (κ1) is 15.7. The second-order valence-corrected chi connectivity index (χ2v) is 6.70. The maximum absolute atomic E-state index is 12.4. The Morgan fingerprint density at radius 1 is 1.35 bits per heavy atom. The molecule has 0 unspecified atom stereocenters. The van der Waals surface area contributed by atoms with Crippen molar-refractivity contribution in [3.8, 4) is 11.8 Å². The first-order chi connectivity index (χ1) is 11.1. The SMILES string of the molecule is Cc1cccc(C#Cc2ncc(C(=O)N3CCC(O)CC3)s2)c1. The van der Waals surface area contributed by atoms with E-state index in [2.05, 4.69) is 16.8 Å². The van der Waals surface area contributed by atoms with Crippen LogP contribution in [0.5, 0.6) is 0 Å². The van der Waals surface area contributed by atoms with Crippen molar-refractivity contribution in [2.45, 2.75) is 25.9 Å². The number of thiazole rings is 1. The summed E-state index contributed by atoms with van der Waals surface area (Å²) in [7, 11) is 0. The minimum absolute atomic E-state index is 0.0157. The molecule has 0 radical (unpaired) electrons. The molecule has 0 spiro atoms. The van der Waals surface area contributed by atoms with Gasteiger partial charge < -0.3 is 10.0 Å². The predicted octanol–water partition coefficient (Wildman–Crippen LogP) is 2.45. The first-order valence-corrected chi connectivity index (χ1v) is 8.45. The molecular formula is C18H18N2O2S. The summed E-state index contributed by atoms with van der Waals surface area (Å²) in [4.78, 5) is 19.0. The topological polar surface area (TPSA) is 53.4 Å². The van der Waals surface area contributed by atoms with Crippen LogP contribution in [0, 0.1) is 18.8 Å². The highest BCUT2D eigenvalue weighted by molar-refractivity contribution is 7.14. The third-order valence-electron chi connectivity index (χ3n) is 3.80. The number of aliphatic hydroxyl groups is 1. The minimum Gasteiger partial charge on any atom is -0.393 e. The van der Waals surface area contributed by atoms with Crippen LogP contribution in [0.2, 0.25) is 0 Å². The highest BCUT2D eigenvalue weighted by atomic mass is 32.1. The molecule has 1 aliphatic rings. The van der Waals surface area contributed by atoms with Crippen molar-refractivity contribution < 1.29 is 9.90 Å². The molecule has 118 valence electrons. The zero-order valence-corrected chi connectivity index (χ0v) is 13.8. The molecule has 3 rings (SSSR count). The molecule has 1 aromatic carbocycles. The molecule has 0 atom stereocenters. The van der Waals surface area contributed by atoms with Gasteiger partial charge in [0.15, 0.2) is 5.01 Å². The number of aromatic nitrogens is 1. The van der Waals surface area contributed by atoms with Gasteiger partial charge >= 0.3 is 0 Å². The summed E-state index contributed by atoms with van der Waals surface area (Å²) in [5.41, 5.74) is 2.11. The van der Waals surface area contributed by atoms with E-state index in [-0.39, 0.29) is 12.0 Å². The average Bonchev–Trinajstić information content (AvgIpc) is 3.02. The molecule has 5 heteroatoms. The minimum atomic E-state index is -0.281. The standard InChI is InChI=1S/C18H18N2O2S/c1-13-3-2-4-14(11-13)5-6-17-19-12-16(23-17)18(22)20-9-7-15(21)8-10-20/h2-4,11-12,15,21H,7-10H2,1H3. The van der Waals surface area contributed by atoms with Crippen LogP contribution in [-0.4, -0.2) is 40.1 Å². The van der Waals surface area contributed by atoms with Crippen molar-refractivity contribution in [2.24, 2.45) is 0 Å². The monoisotopic (exact) mass is 326 g/mol. The lowest BCUT2D eigenvalue weighted by Gasteiger charge is -2.29. The Balaban J connectivity index is 1.70. The molecule has 1 saturated heterocycles. The van der Waals surface area contributed by atoms with Crippen molar-refractivity contribution in [1.82, 2.24) is 9.88 Å². The molecule has 1 aromatic heterocycles. The number of carbonyl (C=O) groups excluding carboxylic acids is 1. The maximum atomic E-state index is 12.4. The van der Waals surface area contributed by atoms with Crippen LogP contribution < -0.4 is 0 Å². The Morgan fingerprint density at radius 2 is 2.13 bits per heavy atom. The summed E-state index contributed by atoms with van der Waals surface area (Å²) in [5, 5.41) is 10.2. The predicted molar refractivity (Wildman–Crippen MR) is 90.4 cm³/mol. The highest BCUT2D eigenvalue weighted by Crippen LogP contribution is 2.18. The number of aryl methyl sites for hydroxylation is 1. The number of nitrogens with zero attached hydrogens (tertiary/aromatic N) is 2. The second kappa shape index (κ2) is 6.95. The normalized spacial score (nSPS) is 15.1. The molecule has 1 aliphatic heterocycles. The van der Waals surface area contributed by atoms with E-state index in [0.717, 1.165) is 5.56 Å². The van der Waals surface area contributed by atoms with Gasteiger partial charge in [0, 0.05) is 18.7 Å². The van der Waals surface area contributed by atoms with E-state index in [1.165, 1.54) is 16.9 Å². The fourth-order valence-electron chi connectivity index (χ4n) is 2.50. The Kier molecular flexibility index (Phi) is 4.75. The molecular weight excluding hydrogens is 308 g/mol. The quantitative estimate of drug-likeness (QED) is 0.819. The van der Waals surface area contributed by atoms with Gasteiger partial charge in [-0.2, -0.15) is 0 Å². The van der Waals surface area contributed by atoms with Gasteiger partial charge in [0.25, 0.3) is 5.91 Å². The van der Waals surface area contributed by atoms with E-state index in [9.17, 15) is 9.90 Å². The molecule has 0 aliphatic carbocycles. The van der Waals surface area contributed by atoms with E-state index in [4.69, 9.17) is 0 Å². The van der Waals surface area contributed by atoms with Crippen LogP contribution in [0.15, 0.2) is 30.5 Å². The lowest BCUT2D eigenvalue weighted by Crippen LogP contribution is -2.39. The number of carbonyl (C=O) groups is 1. The summed E-state index contributed by atoms with van der Waals surface area (Å²) >= 11 is 1.32. The summed E-state index contributed by atoms with van der Waals surface area (Å²) in [6, 6.07) is 7.98. The van der Waals surface area contributed by atoms with E-state index in [0.29, 0.717) is 35.8 Å². The number of amides is 1. The van der Waals surface area contributed by atoms with Gasteiger partial charge in [-0.15, -0.1) is 11.3 Å². The van der Waals surface area contributed by atoms with Crippen LogP contribution in [0.25, 0.3) is 0 Å².